The molecule has 1 heterocycles. The Morgan fingerprint density at radius 2 is 1.68 bits per heavy atom. The van der Waals surface area contributed by atoms with Gasteiger partial charge in [-0.25, -0.2) is 0 Å². The minimum absolute atomic E-state index is 0.364. The lowest BCUT2D eigenvalue weighted by atomic mass is 10.2. The van der Waals surface area contributed by atoms with Crippen LogP contribution in [0.15, 0.2) is 18.9 Å². The summed E-state index contributed by atoms with van der Waals surface area (Å²) in [5.41, 5.74) is -0.0492. The average molecular weight is 285 g/mol. The van der Waals surface area contributed by atoms with Crippen LogP contribution in [0.2, 0.25) is 0 Å². The van der Waals surface area contributed by atoms with Gasteiger partial charge in [0.25, 0.3) is 0 Å². The molecule has 0 aromatic carbocycles. The molecule has 0 aliphatic heterocycles. The fraction of sp³-hybridized carbons (Fsp3) is 0.615. The number of hydrogen-bond donors (Lipinski definition) is 1. The zero-order chi connectivity index (χ0) is 14.7. The molecule has 0 radical (unpaired) electrons. The van der Waals surface area contributed by atoms with Gasteiger partial charge >= 0.3 is 0 Å². The van der Waals surface area contributed by atoms with E-state index in [0.29, 0.717) is 5.44 Å². The monoisotopic (exact) mass is 285 g/mol. The molecule has 19 heavy (non-hydrogen) atoms. The van der Waals surface area contributed by atoms with Crippen molar-refractivity contribution in [1.29, 1.82) is 0 Å². The van der Waals surface area contributed by atoms with E-state index in [9.17, 15) is 0 Å². The molecule has 0 aliphatic carbocycles. The van der Waals surface area contributed by atoms with Gasteiger partial charge in [-0.05, 0) is 47.3 Å². The molecule has 0 saturated carbocycles. The Bertz CT molecular complexity index is 447. The SMILES string of the molecule is C=CC=P(OC(C)(C)C)(OC(C)(C)C)c1cn[nH]n1. The molecule has 6 heteroatoms. The largest absolute Gasteiger partial charge is 0.327 e. The van der Waals surface area contributed by atoms with Crippen molar-refractivity contribution in [3.8, 4) is 0 Å². The maximum absolute atomic E-state index is 6.23. The highest BCUT2D eigenvalue weighted by Crippen LogP contribution is 2.53. The fourth-order valence-corrected chi connectivity index (χ4v) is 4.35. The summed E-state index contributed by atoms with van der Waals surface area (Å²) in [7, 11) is -2.49. The Balaban J connectivity index is 3.36. The Hall–Kier alpha value is -0.900. The van der Waals surface area contributed by atoms with Crippen LogP contribution in [0.5, 0.6) is 0 Å². The van der Waals surface area contributed by atoms with E-state index in [1.807, 2.05) is 47.3 Å². The van der Waals surface area contributed by atoms with Gasteiger partial charge in [-0.3, -0.25) is 0 Å². The molecule has 0 fully saturated rings. The second-order valence-electron chi connectivity index (χ2n) is 6.22. The number of aromatic nitrogens is 3. The molecule has 0 bridgehead atoms. The number of H-pyrrole nitrogens is 1. The van der Waals surface area contributed by atoms with Gasteiger partial charge in [0.2, 0.25) is 0 Å². The van der Waals surface area contributed by atoms with Gasteiger partial charge in [-0.2, -0.15) is 15.4 Å². The molecule has 0 aliphatic rings. The van der Waals surface area contributed by atoms with Crippen LogP contribution in [0.3, 0.4) is 0 Å². The predicted molar refractivity (Wildman–Crippen MR) is 80.9 cm³/mol. The van der Waals surface area contributed by atoms with Crippen molar-refractivity contribution < 1.29 is 9.05 Å². The number of nitrogens with zero attached hydrogens (tertiary/aromatic N) is 2. The van der Waals surface area contributed by atoms with Crippen LogP contribution in [-0.2, 0) is 9.05 Å². The Labute approximate surface area is 115 Å². The van der Waals surface area contributed by atoms with Gasteiger partial charge in [-0.15, -0.1) is 0 Å². The van der Waals surface area contributed by atoms with Gasteiger partial charge in [-0.1, -0.05) is 12.7 Å². The smallest absolute Gasteiger partial charge is 0.177 e. The summed E-state index contributed by atoms with van der Waals surface area (Å²) in [6.07, 6.45) is 3.34. The molecule has 0 atom stereocenters. The maximum atomic E-state index is 6.23. The topological polar surface area (TPSA) is 60.0 Å². The second-order valence-corrected chi connectivity index (χ2v) is 8.53. The van der Waals surface area contributed by atoms with Crippen molar-refractivity contribution in [3.63, 3.8) is 0 Å². The first-order valence-electron chi connectivity index (χ1n) is 6.21. The van der Waals surface area contributed by atoms with Crippen molar-refractivity contribution in [3.05, 3.63) is 18.9 Å². The first-order chi connectivity index (χ1) is 8.58. The van der Waals surface area contributed by atoms with E-state index < -0.39 is 7.34 Å². The molecule has 1 aromatic rings. The lowest BCUT2D eigenvalue weighted by molar-refractivity contribution is 0.0746. The lowest BCUT2D eigenvalue weighted by Gasteiger charge is -2.36. The zero-order valence-corrected chi connectivity index (χ0v) is 13.5. The average Bonchev–Trinajstić information content (AvgIpc) is 2.64. The van der Waals surface area contributed by atoms with Crippen molar-refractivity contribution in [2.24, 2.45) is 0 Å². The van der Waals surface area contributed by atoms with E-state index in [-0.39, 0.29) is 11.2 Å². The summed E-state index contributed by atoms with van der Waals surface area (Å²) in [4.78, 5) is 0. The third kappa shape index (κ3) is 4.94. The summed E-state index contributed by atoms with van der Waals surface area (Å²) < 4.78 is 12.5. The first-order valence-corrected chi connectivity index (χ1v) is 7.91. The summed E-state index contributed by atoms with van der Waals surface area (Å²) in [5, 5.41) is 10.6. The molecule has 0 unspecified atom stereocenters. The number of rotatable bonds is 4. The molecule has 0 amide bonds. The highest BCUT2D eigenvalue weighted by atomic mass is 31.2. The molecular formula is C13H24N3O2P. The molecule has 1 N–H and O–H groups in total. The van der Waals surface area contributed by atoms with Crippen LogP contribution >= 0.6 is 7.34 Å². The second kappa shape index (κ2) is 5.61. The summed E-state index contributed by atoms with van der Waals surface area (Å²) in [6.45, 7) is 15.7. The standard InChI is InChI=1S/C13H24N3O2P/c1-8-9-19(17-12(2,3)4,18-13(5,6)7)11-10-14-16-15-11/h8-10H,1H2,2-7H3,(H,14,15,16). The zero-order valence-electron chi connectivity index (χ0n) is 12.6. The molecule has 0 spiro atoms. The minimum atomic E-state index is -2.49. The van der Waals surface area contributed by atoms with Gasteiger partial charge in [0.15, 0.2) is 12.8 Å². The number of hydrogen-bond acceptors (Lipinski definition) is 4. The van der Waals surface area contributed by atoms with E-state index in [2.05, 4.69) is 22.0 Å². The maximum Gasteiger partial charge on any atom is 0.177 e. The molecular weight excluding hydrogens is 261 g/mol. The van der Waals surface area contributed by atoms with Crippen LogP contribution in [0.1, 0.15) is 41.5 Å². The van der Waals surface area contributed by atoms with Gasteiger partial charge in [0.1, 0.15) is 0 Å². The Morgan fingerprint density at radius 1 is 1.16 bits per heavy atom. The van der Waals surface area contributed by atoms with E-state index in [0.717, 1.165) is 0 Å². The summed E-state index contributed by atoms with van der Waals surface area (Å²) in [6, 6.07) is 0. The number of allylic oxidation sites excluding steroid dienone is 1. The van der Waals surface area contributed by atoms with E-state index in [1.54, 1.807) is 12.3 Å². The van der Waals surface area contributed by atoms with Gasteiger partial charge in [0, 0.05) is 0 Å². The highest BCUT2D eigenvalue weighted by Gasteiger charge is 2.34. The number of nitrogens with one attached hydrogen (secondary N) is 1. The third-order valence-corrected chi connectivity index (χ3v) is 4.94. The van der Waals surface area contributed by atoms with Crippen LogP contribution < -0.4 is 5.44 Å². The summed E-state index contributed by atoms with van der Waals surface area (Å²) >= 11 is 0. The quantitative estimate of drug-likeness (QED) is 0.864. The van der Waals surface area contributed by atoms with E-state index >= 15 is 0 Å². The molecule has 5 nitrogen and oxygen atoms in total. The fourth-order valence-electron chi connectivity index (χ4n) is 1.55. The van der Waals surface area contributed by atoms with Gasteiger partial charge < -0.3 is 9.05 Å². The lowest BCUT2D eigenvalue weighted by Crippen LogP contribution is -2.29. The normalized spacial score (nSPS) is 13.4. The van der Waals surface area contributed by atoms with E-state index in [1.165, 1.54) is 0 Å². The summed E-state index contributed by atoms with van der Waals surface area (Å²) in [5.74, 6) is 1.86. The molecule has 1 aromatic heterocycles. The molecule has 0 saturated heterocycles. The first kappa shape index (κ1) is 16.2. The minimum Gasteiger partial charge on any atom is -0.327 e. The molecule has 108 valence electrons. The molecule has 1 rings (SSSR count). The highest BCUT2D eigenvalue weighted by molar-refractivity contribution is 7.73. The Morgan fingerprint density at radius 3 is 2.00 bits per heavy atom. The van der Waals surface area contributed by atoms with Crippen molar-refractivity contribution in [2.75, 3.05) is 0 Å². The number of aromatic amines is 1. The van der Waals surface area contributed by atoms with Crippen LogP contribution in [0.4, 0.5) is 0 Å². The third-order valence-electron chi connectivity index (χ3n) is 1.84. The van der Waals surface area contributed by atoms with Crippen molar-refractivity contribution in [2.45, 2.75) is 52.7 Å². The van der Waals surface area contributed by atoms with E-state index in [4.69, 9.17) is 9.05 Å². The van der Waals surface area contributed by atoms with Gasteiger partial charge in [0.05, 0.1) is 17.4 Å². The Kier molecular flexibility index (Phi) is 4.77. The van der Waals surface area contributed by atoms with Crippen LogP contribution in [0, 0.1) is 0 Å². The predicted octanol–water partition coefficient (Wildman–Crippen LogP) is 2.90. The van der Waals surface area contributed by atoms with Crippen molar-refractivity contribution >= 4 is 18.6 Å². The van der Waals surface area contributed by atoms with Crippen molar-refractivity contribution in [1.82, 2.24) is 15.4 Å². The van der Waals surface area contributed by atoms with Crippen LogP contribution in [0.25, 0.3) is 0 Å². The van der Waals surface area contributed by atoms with Crippen LogP contribution in [-0.4, -0.2) is 32.4 Å².